The topological polar surface area (TPSA) is 102 Å². The first-order valence-corrected chi connectivity index (χ1v) is 11.7. The molecule has 3 aromatic rings. The van der Waals surface area contributed by atoms with E-state index in [1.54, 1.807) is 0 Å². The molecule has 7 nitrogen and oxygen atoms in total. The first-order chi connectivity index (χ1) is 16.1. The molecule has 0 heterocycles. The molecular formula is C24H22F2N2O5S. The van der Waals surface area contributed by atoms with Crippen LogP contribution in [-0.2, 0) is 26.0 Å². The van der Waals surface area contributed by atoms with E-state index in [0.717, 1.165) is 17.2 Å². The summed E-state index contributed by atoms with van der Waals surface area (Å²) in [7, 11) is -4.24. The van der Waals surface area contributed by atoms with Gasteiger partial charge in [0.2, 0.25) is 0 Å². The summed E-state index contributed by atoms with van der Waals surface area (Å²) in [5.74, 6) is -3.85. The van der Waals surface area contributed by atoms with Crippen LogP contribution in [0.2, 0.25) is 0 Å². The van der Waals surface area contributed by atoms with Crippen molar-refractivity contribution in [2.24, 2.45) is 0 Å². The summed E-state index contributed by atoms with van der Waals surface area (Å²) in [6.07, 6.45) is 0.713. The summed E-state index contributed by atoms with van der Waals surface area (Å²) in [4.78, 5) is 24.2. The Balaban J connectivity index is 1.66. The molecule has 3 aromatic carbocycles. The molecule has 3 rings (SSSR count). The molecule has 0 aliphatic heterocycles. The van der Waals surface area contributed by atoms with Gasteiger partial charge in [0, 0.05) is 11.4 Å². The predicted octanol–water partition coefficient (Wildman–Crippen LogP) is 4.43. The van der Waals surface area contributed by atoms with Crippen molar-refractivity contribution in [1.82, 2.24) is 0 Å². The maximum Gasteiger partial charge on any atom is 0.338 e. The van der Waals surface area contributed by atoms with Gasteiger partial charge >= 0.3 is 5.97 Å². The van der Waals surface area contributed by atoms with Gasteiger partial charge in [-0.05, 0) is 60.9 Å². The lowest BCUT2D eigenvalue weighted by Gasteiger charge is -2.13. The zero-order valence-electron chi connectivity index (χ0n) is 18.4. The highest BCUT2D eigenvalue weighted by atomic mass is 32.2. The highest BCUT2D eigenvalue weighted by Gasteiger charge is 2.18. The second-order valence-electron chi connectivity index (χ2n) is 7.35. The van der Waals surface area contributed by atoms with Gasteiger partial charge in [-0.1, -0.05) is 31.2 Å². The number of carbonyl (C=O) groups excluding carboxylic acids is 2. The van der Waals surface area contributed by atoms with Crippen LogP contribution in [0.25, 0.3) is 0 Å². The minimum Gasteiger partial charge on any atom is -0.452 e. The highest BCUT2D eigenvalue weighted by molar-refractivity contribution is 7.92. The number of hydrogen-bond acceptors (Lipinski definition) is 5. The largest absolute Gasteiger partial charge is 0.452 e. The van der Waals surface area contributed by atoms with Crippen LogP contribution in [0.1, 0.15) is 28.4 Å². The fraction of sp³-hybridized carbons (Fsp3) is 0.167. The molecule has 0 saturated heterocycles. The molecule has 0 fully saturated rings. The number of esters is 1. The normalized spacial score (nSPS) is 11.1. The molecular weight excluding hydrogens is 466 g/mol. The van der Waals surface area contributed by atoms with E-state index in [-0.39, 0.29) is 11.3 Å². The number of amides is 1. The number of rotatable bonds is 8. The first-order valence-electron chi connectivity index (χ1n) is 10.2. The van der Waals surface area contributed by atoms with Gasteiger partial charge in [0.15, 0.2) is 18.2 Å². The molecule has 34 heavy (non-hydrogen) atoms. The zero-order valence-corrected chi connectivity index (χ0v) is 19.2. The lowest BCUT2D eigenvalue weighted by Crippen LogP contribution is -2.22. The summed E-state index contributed by atoms with van der Waals surface area (Å²) in [6, 6.07) is 13.1. The number of benzene rings is 3. The van der Waals surface area contributed by atoms with Gasteiger partial charge < -0.3 is 10.1 Å². The third-order valence-electron chi connectivity index (χ3n) is 4.89. The lowest BCUT2D eigenvalue weighted by molar-refractivity contribution is -0.119. The van der Waals surface area contributed by atoms with Gasteiger partial charge in [0.05, 0.1) is 10.5 Å². The Labute approximate surface area is 195 Å². The quantitative estimate of drug-likeness (QED) is 0.457. The number of anilines is 2. The van der Waals surface area contributed by atoms with Crippen LogP contribution in [0.4, 0.5) is 20.2 Å². The maximum absolute atomic E-state index is 13.4. The van der Waals surface area contributed by atoms with E-state index in [1.807, 2.05) is 32.0 Å². The Morgan fingerprint density at radius 2 is 1.71 bits per heavy atom. The van der Waals surface area contributed by atoms with Gasteiger partial charge in [-0.25, -0.2) is 22.0 Å². The number of para-hydroxylation sites is 1. The molecule has 0 aliphatic carbocycles. The second-order valence-corrected chi connectivity index (χ2v) is 9.03. The SMILES string of the molecule is CCc1cccc(C)c1NC(=O)COC(=O)c1cccc(NS(=O)(=O)c2ccc(F)c(F)c2)c1. The summed E-state index contributed by atoms with van der Waals surface area (Å²) in [5.41, 5.74) is 2.47. The van der Waals surface area contributed by atoms with Crippen molar-refractivity contribution in [2.75, 3.05) is 16.6 Å². The minimum absolute atomic E-state index is 0.00358. The van der Waals surface area contributed by atoms with Crippen LogP contribution in [0.5, 0.6) is 0 Å². The number of sulfonamides is 1. The Hall–Kier alpha value is -3.79. The van der Waals surface area contributed by atoms with E-state index < -0.39 is 45.0 Å². The van der Waals surface area contributed by atoms with Crippen molar-refractivity contribution in [1.29, 1.82) is 0 Å². The standard InChI is InChI=1S/C24H22F2N2O5S/c1-3-16-7-4-6-15(2)23(16)27-22(29)14-33-24(30)17-8-5-9-18(12-17)28-34(31,32)19-10-11-20(25)21(26)13-19/h4-13,28H,3,14H2,1-2H3,(H,27,29). The van der Waals surface area contributed by atoms with E-state index in [4.69, 9.17) is 4.74 Å². The number of carbonyl (C=O) groups is 2. The molecule has 10 heteroatoms. The smallest absolute Gasteiger partial charge is 0.338 e. The monoisotopic (exact) mass is 488 g/mol. The van der Waals surface area contributed by atoms with Gasteiger partial charge in [0.25, 0.3) is 15.9 Å². The second kappa shape index (κ2) is 10.4. The predicted molar refractivity (Wildman–Crippen MR) is 123 cm³/mol. The van der Waals surface area contributed by atoms with Gasteiger partial charge in [-0.3, -0.25) is 9.52 Å². The van der Waals surface area contributed by atoms with E-state index >= 15 is 0 Å². The molecule has 0 atom stereocenters. The molecule has 0 spiro atoms. The zero-order chi connectivity index (χ0) is 24.9. The molecule has 0 saturated carbocycles. The average molecular weight is 489 g/mol. The van der Waals surface area contributed by atoms with Crippen molar-refractivity contribution < 1.29 is 31.5 Å². The van der Waals surface area contributed by atoms with Crippen LogP contribution < -0.4 is 10.0 Å². The van der Waals surface area contributed by atoms with Crippen molar-refractivity contribution in [3.05, 3.63) is 89.0 Å². The lowest BCUT2D eigenvalue weighted by atomic mass is 10.1. The van der Waals surface area contributed by atoms with Gasteiger partial charge in [-0.2, -0.15) is 0 Å². The van der Waals surface area contributed by atoms with Crippen LogP contribution >= 0.6 is 0 Å². The highest BCUT2D eigenvalue weighted by Crippen LogP contribution is 2.22. The van der Waals surface area contributed by atoms with Crippen LogP contribution in [0, 0.1) is 18.6 Å². The summed E-state index contributed by atoms with van der Waals surface area (Å²) < 4.78 is 58.6. The molecule has 0 aliphatic rings. The molecule has 178 valence electrons. The van der Waals surface area contributed by atoms with Crippen molar-refractivity contribution in [3.63, 3.8) is 0 Å². The fourth-order valence-electron chi connectivity index (χ4n) is 3.16. The minimum atomic E-state index is -4.24. The summed E-state index contributed by atoms with van der Waals surface area (Å²) >= 11 is 0. The third kappa shape index (κ3) is 5.96. The molecule has 0 unspecified atom stereocenters. The number of hydrogen-bond donors (Lipinski definition) is 2. The molecule has 0 aromatic heterocycles. The van der Waals surface area contributed by atoms with E-state index in [1.165, 1.54) is 24.3 Å². The Morgan fingerprint density at radius 1 is 0.971 bits per heavy atom. The molecule has 2 N–H and O–H groups in total. The number of halogens is 2. The first kappa shape index (κ1) is 24.8. The van der Waals surface area contributed by atoms with Gasteiger partial charge in [0.1, 0.15) is 0 Å². The third-order valence-corrected chi connectivity index (χ3v) is 6.27. The molecule has 0 radical (unpaired) electrons. The number of nitrogens with one attached hydrogen (secondary N) is 2. The van der Waals surface area contributed by atoms with Crippen molar-refractivity contribution in [2.45, 2.75) is 25.2 Å². The van der Waals surface area contributed by atoms with Crippen LogP contribution in [0.15, 0.2) is 65.6 Å². The average Bonchev–Trinajstić information content (AvgIpc) is 2.80. The maximum atomic E-state index is 13.4. The Kier molecular flexibility index (Phi) is 7.62. The fourth-order valence-corrected chi connectivity index (χ4v) is 4.22. The summed E-state index contributed by atoms with van der Waals surface area (Å²) in [6.45, 7) is 3.27. The Bertz CT molecular complexity index is 1340. The summed E-state index contributed by atoms with van der Waals surface area (Å²) in [5, 5.41) is 2.74. The Morgan fingerprint density at radius 3 is 2.41 bits per heavy atom. The number of ether oxygens (including phenoxy) is 1. The molecule has 1 amide bonds. The molecule has 0 bridgehead atoms. The van der Waals surface area contributed by atoms with Crippen LogP contribution in [-0.4, -0.2) is 26.9 Å². The van der Waals surface area contributed by atoms with Crippen molar-refractivity contribution >= 4 is 33.3 Å². The van der Waals surface area contributed by atoms with Crippen molar-refractivity contribution in [3.8, 4) is 0 Å². The van der Waals surface area contributed by atoms with E-state index in [2.05, 4.69) is 10.0 Å². The number of aryl methyl sites for hydroxylation is 2. The van der Waals surface area contributed by atoms with E-state index in [0.29, 0.717) is 24.2 Å². The van der Waals surface area contributed by atoms with Crippen LogP contribution in [0.3, 0.4) is 0 Å². The van der Waals surface area contributed by atoms with Gasteiger partial charge in [-0.15, -0.1) is 0 Å². The van der Waals surface area contributed by atoms with E-state index in [9.17, 15) is 26.8 Å².